The van der Waals surface area contributed by atoms with Gasteiger partial charge in [-0.3, -0.25) is 0 Å². The normalized spacial score (nSPS) is 15.2. The molecule has 1 aliphatic rings. The number of benzene rings is 1. The maximum atomic E-state index is 13.9. The van der Waals surface area contributed by atoms with Crippen LogP contribution in [0.1, 0.15) is 37.9 Å². The van der Waals surface area contributed by atoms with E-state index in [0.29, 0.717) is 34.7 Å². The van der Waals surface area contributed by atoms with Gasteiger partial charge >= 0.3 is 0 Å². The summed E-state index contributed by atoms with van der Waals surface area (Å²) in [6.07, 6.45) is 6.14. The zero-order valence-electron chi connectivity index (χ0n) is 18.9. The van der Waals surface area contributed by atoms with Crippen LogP contribution in [0.5, 0.6) is 11.6 Å². The number of ether oxygens (including phenoxy) is 2. The van der Waals surface area contributed by atoms with Crippen LogP contribution >= 0.6 is 23.2 Å². The zero-order valence-corrected chi connectivity index (χ0v) is 20.4. The van der Waals surface area contributed by atoms with E-state index in [-0.39, 0.29) is 10.8 Å². The number of nitrogens with zero attached hydrogens (tertiary/aromatic N) is 2. The maximum Gasteiger partial charge on any atom is 0.213 e. The lowest BCUT2D eigenvalue weighted by atomic mass is 9.95. The summed E-state index contributed by atoms with van der Waals surface area (Å²) in [4.78, 5) is 8.66. The van der Waals surface area contributed by atoms with Crippen molar-refractivity contribution in [2.24, 2.45) is 5.92 Å². The summed E-state index contributed by atoms with van der Waals surface area (Å²) in [7, 11) is 0. The minimum absolute atomic E-state index is 0.0809. The lowest BCUT2D eigenvalue weighted by Crippen LogP contribution is -2.28. The van der Waals surface area contributed by atoms with E-state index in [1.165, 1.54) is 25.0 Å². The van der Waals surface area contributed by atoms with Gasteiger partial charge in [-0.05, 0) is 69.5 Å². The molecule has 1 fully saturated rings. The molecule has 3 aromatic rings. The van der Waals surface area contributed by atoms with Crippen molar-refractivity contribution in [3.63, 3.8) is 0 Å². The summed E-state index contributed by atoms with van der Waals surface area (Å²) >= 11 is 12.3. The van der Waals surface area contributed by atoms with Crippen molar-refractivity contribution < 1.29 is 13.9 Å². The summed E-state index contributed by atoms with van der Waals surface area (Å²) in [6, 6.07) is 8.16. The molecule has 3 heterocycles. The highest BCUT2D eigenvalue weighted by molar-refractivity contribution is 6.36. The van der Waals surface area contributed by atoms with Gasteiger partial charge in [0.25, 0.3) is 0 Å². The SMILES string of the molecule is CC(Oc1cc(-c2ccc(OCCC3CCNCC3)nc2)cnc1N)c1c(Cl)ccc(F)c1Cl. The molecular weight excluding hydrogens is 478 g/mol. The lowest BCUT2D eigenvalue weighted by molar-refractivity contribution is 0.227. The molecule has 3 N–H and O–H groups in total. The van der Waals surface area contributed by atoms with Crippen LogP contribution in [-0.4, -0.2) is 29.7 Å². The first-order valence-electron chi connectivity index (χ1n) is 11.3. The molecule has 4 rings (SSSR count). The summed E-state index contributed by atoms with van der Waals surface area (Å²) in [5.74, 6) is 1.26. The fraction of sp³-hybridized carbons (Fsp3) is 0.360. The number of halogens is 3. The van der Waals surface area contributed by atoms with Gasteiger partial charge in [0, 0.05) is 40.2 Å². The molecule has 34 heavy (non-hydrogen) atoms. The van der Waals surface area contributed by atoms with Gasteiger partial charge in [-0.25, -0.2) is 14.4 Å². The molecule has 0 radical (unpaired) electrons. The van der Waals surface area contributed by atoms with Crippen LogP contribution in [0.25, 0.3) is 11.1 Å². The van der Waals surface area contributed by atoms with E-state index in [9.17, 15) is 4.39 Å². The zero-order chi connectivity index (χ0) is 24.1. The topological polar surface area (TPSA) is 82.3 Å². The number of nitrogens with one attached hydrogen (secondary N) is 1. The van der Waals surface area contributed by atoms with Gasteiger partial charge in [0.2, 0.25) is 5.88 Å². The average Bonchev–Trinajstić information content (AvgIpc) is 2.84. The van der Waals surface area contributed by atoms with Crippen LogP contribution < -0.4 is 20.5 Å². The Labute approximate surface area is 208 Å². The van der Waals surface area contributed by atoms with Gasteiger partial charge in [-0.1, -0.05) is 23.2 Å². The molecule has 2 aromatic heterocycles. The molecule has 0 saturated carbocycles. The van der Waals surface area contributed by atoms with Crippen molar-refractivity contribution in [2.45, 2.75) is 32.3 Å². The smallest absolute Gasteiger partial charge is 0.213 e. The highest BCUT2D eigenvalue weighted by atomic mass is 35.5. The van der Waals surface area contributed by atoms with Crippen molar-refractivity contribution in [1.82, 2.24) is 15.3 Å². The van der Waals surface area contributed by atoms with Crippen LogP contribution in [-0.2, 0) is 0 Å². The molecule has 1 aromatic carbocycles. The number of piperidine rings is 1. The summed E-state index contributed by atoms with van der Waals surface area (Å²) in [5, 5.41) is 3.60. The molecule has 0 aliphatic carbocycles. The van der Waals surface area contributed by atoms with Crippen LogP contribution in [0.15, 0.2) is 42.7 Å². The Morgan fingerprint density at radius 2 is 1.88 bits per heavy atom. The third-order valence-corrected chi connectivity index (χ3v) is 6.69. The average molecular weight is 505 g/mol. The van der Waals surface area contributed by atoms with Crippen molar-refractivity contribution >= 4 is 29.0 Å². The Morgan fingerprint density at radius 1 is 1.12 bits per heavy atom. The van der Waals surface area contributed by atoms with Crippen molar-refractivity contribution in [2.75, 3.05) is 25.4 Å². The van der Waals surface area contributed by atoms with Gasteiger partial charge in [-0.2, -0.15) is 0 Å². The maximum absolute atomic E-state index is 13.9. The van der Waals surface area contributed by atoms with E-state index in [4.69, 9.17) is 38.4 Å². The Balaban J connectivity index is 1.43. The van der Waals surface area contributed by atoms with E-state index in [0.717, 1.165) is 30.6 Å². The summed E-state index contributed by atoms with van der Waals surface area (Å²) < 4.78 is 25.7. The molecule has 6 nitrogen and oxygen atoms in total. The number of nitrogens with two attached hydrogens (primary N) is 1. The second-order valence-electron chi connectivity index (χ2n) is 8.34. The van der Waals surface area contributed by atoms with Crippen LogP contribution in [0.4, 0.5) is 10.2 Å². The molecule has 0 spiro atoms. The molecule has 0 bridgehead atoms. The standard InChI is InChI=1S/C25H27Cl2FN4O2/c1-15(23-19(26)3-4-20(28)24(23)27)34-21-12-18(14-32-25(21)29)17-2-5-22(31-13-17)33-11-8-16-6-9-30-10-7-16/h2-5,12-16,30H,6-11H2,1H3,(H2,29,32). The quantitative estimate of drug-likeness (QED) is 0.361. The number of anilines is 1. The van der Waals surface area contributed by atoms with Crippen LogP contribution in [0.3, 0.4) is 0 Å². The number of hydrogen-bond donors (Lipinski definition) is 2. The molecule has 0 amide bonds. The Hall–Kier alpha value is -2.61. The first kappa shape index (κ1) is 24.5. The number of pyridine rings is 2. The van der Waals surface area contributed by atoms with Gasteiger partial charge in [0.1, 0.15) is 11.9 Å². The fourth-order valence-electron chi connectivity index (χ4n) is 4.01. The predicted octanol–water partition coefficient (Wildman–Crippen LogP) is 6.08. The minimum Gasteiger partial charge on any atom is -0.482 e. The van der Waals surface area contributed by atoms with E-state index < -0.39 is 11.9 Å². The fourth-order valence-corrected chi connectivity index (χ4v) is 4.69. The molecule has 1 unspecified atom stereocenters. The molecule has 1 aliphatic heterocycles. The monoisotopic (exact) mass is 504 g/mol. The second kappa shape index (κ2) is 11.2. The largest absolute Gasteiger partial charge is 0.482 e. The van der Waals surface area contributed by atoms with E-state index in [1.54, 1.807) is 25.4 Å². The molecule has 1 saturated heterocycles. The summed E-state index contributed by atoms with van der Waals surface area (Å²) in [6.45, 7) is 4.54. The van der Waals surface area contributed by atoms with Gasteiger partial charge in [0.15, 0.2) is 11.6 Å². The van der Waals surface area contributed by atoms with Crippen LogP contribution in [0, 0.1) is 11.7 Å². The second-order valence-corrected chi connectivity index (χ2v) is 9.13. The number of aromatic nitrogens is 2. The van der Waals surface area contributed by atoms with E-state index in [1.807, 2.05) is 12.1 Å². The first-order valence-corrected chi connectivity index (χ1v) is 12.0. The highest BCUT2D eigenvalue weighted by Gasteiger charge is 2.20. The minimum atomic E-state index is -0.649. The van der Waals surface area contributed by atoms with Crippen molar-refractivity contribution in [3.05, 3.63) is 64.2 Å². The van der Waals surface area contributed by atoms with Gasteiger partial charge < -0.3 is 20.5 Å². The molecule has 9 heteroatoms. The summed E-state index contributed by atoms with van der Waals surface area (Å²) in [5.41, 5.74) is 7.97. The Bertz CT molecular complexity index is 1120. The number of nitrogen functional groups attached to an aromatic ring is 1. The highest BCUT2D eigenvalue weighted by Crippen LogP contribution is 2.37. The first-order chi connectivity index (χ1) is 16.4. The third-order valence-electron chi connectivity index (χ3n) is 5.98. The number of rotatable bonds is 8. The number of hydrogen-bond acceptors (Lipinski definition) is 6. The third kappa shape index (κ3) is 5.90. The predicted molar refractivity (Wildman–Crippen MR) is 133 cm³/mol. The molecule has 180 valence electrons. The molecular formula is C25H27Cl2FN4O2. The molecule has 1 atom stereocenters. The van der Waals surface area contributed by atoms with Crippen molar-refractivity contribution in [3.8, 4) is 22.8 Å². The Morgan fingerprint density at radius 3 is 2.62 bits per heavy atom. The Kier molecular flexibility index (Phi) is 8.08. The van der Waals surface area contributed by atoms with E-state index in [2.05, 4.69) is 15.3 Å². The lowest BCUT2D eigenvalue weighted by Gasteiger charge is -2.22. The van der Waals surface area contributed by atoms with Crippen molar-refractivity contribution in [1.29, 1.82) is 0 Å². The van der Waals surface area contributed by atoms with Gasteiger partial charge in [-0.15, -0.1) is 0 Å². The van der Waals surface area contributed by atoms with Gasteiger partial charge in [0.05, 0.1) is 11.6 Å². The van der Waals surface area contributed by atoms with E-state index >= 15 is 0 Å². The van der Waals surface area contributed by atoms with Crippen LogP contribution in [0.2, 0.25) is 10.0 Å².